The second-order valence-electron chi connectivity index (χ2n) is 6.89. The molecule has 3 rings (SSSR count). The number of piperidine rings is 1. The van der Waals surface area contributed by atoms with Crippen molar-refractivity contribution in [1.29, 1.82) is 0 Å². The van der Waals surface area contributed by atoms with E-state index in [2.05, 4.69) is 22.3 Å². The average molecular weight is 376 g/mol. The minimum atomic E-state index is -4.54. The van der Waals surface area contributed by atoms with Gasteiger partial charge in [-0.1, -0.05) is 42.5 Å². The molecule has 2 aromatic rings. The third-order valence-corrected chi connectivity index (χ3v) is 4.88. The standard InChI is InChI=1S/C21H23F3N2O/c22-21(23,24)19-11-5-4-10-18(19)20(27)25-17-9-6-13-26(15-17)14-12-16-7-2-1-3-8-16/h1-5,7-8,10-11,17H,6,9,12-15H2,(H,25,27)/t17-/m0/s1. The van der Waals surface area contributed by atoms with Crippen molar-refractivity contribution in [2.24, 2.45) is 0 Å². The summed E-state index contributed by atoms with van der Waals surface area (Å²) in [5, 5.41) is 2.80. The number of nitrogens with one attached hydrogen (secondary N) is 1. The highest BCUT2D eigenvalue weighted by atomic mass is 19.4. The van der Waals surface area contributed by atoms with Gasteiger partial charge in [0.2, 0.25) is 0 Å². The molecule has 2 aromatic carbocycles. The van der Waals surface area contributed by atoms with Crippen LogP contribution >= 0.6 is 0 Å². The van der Waals surface area contributed by atoms with Crippen molar-refractivity contribution < 1.29 is 18.0 Å². The highest BCUT2D eigenvalue weighted by Crippen LogP contribution is 2.31. The molecule has 0 aromatic heterocycles. The zero-order valence-corrected chi connectivity index (χ0v) is 15.0. The molecule has 1 atom stereocenters. The number of nitrogens with zero attached hydrogens (tertiary/aromatic N) is 1. The Balaban J connectivity index is 1.58. The molecule has 1 N–H and O–H groups in total. The monoisotopic (exact) mass is 376 g/mol. The lowest BCUT2D eigenvalue weighted by molar-refractivity contribution is -0.137. The maximum absolute atomic E-state index is 13.1. The van der Waals surface area contributed by atoms with Crippen LogP contribution in [-0.2, 0) is 12.6 Å². The summed E-state index contributed by atoms with van der Waals surface area (Å²) in [6.07, 6.45) is -1.93. The Morgan fingerprint density at radius 3 is 2.52 bits per heavy atom. The second-order valence-corrected chi connectivity index (χ2v) is 6.89. The molecular formula is C21H23F3N2O. The molecule has 0 saturated carbocycles. The molecule has 3 nitrogen and oxygen atoms in total. The lowest BCUT2D eigenvalue weighted by atomic mass is 10.0. The summed E-state index contributed by atoms with van der Waals surface area (Å²) in [5.74, 6) is -0.655. The van der Waals surface area contributed by atoms with E-state index in [-0.39, 0.29) is 11.6 Å². The minimum Gasteiger partial charge on any atom is -0.348 e. The fraction of sp³-hybridized carbons (Fsp3) is 0.381. The summed E-state index contributed by atoms with van der Waals surface area (Å²) in [4.78, 5) is 14.7. The van der Waals surface area contributed by atoms with E-state index >= 15 is 0 Å². The SMILES string of the molecule is O=C(N[C@H]1CCCN(CCc2ccccc2)C1)c1ccccc1C(F)(F)F. The molecule has 144 valence electrons. The van der Waals surface area contributed by atoms with Crippen LogP contribution in [0.2, 0.25) is 0 Å². The maximum Gasteiger partial charge on any atom is 0.417 e. The molecule has 27 heavy (non-hydrogen) atoms. The van der Waals surface area contributed by atoms with E-state index in [0.717, 1.165) is 38.4 Å². The largest absolute Gasteiger partial charge is 0.417 e. The third kappa shape index (κ3) is 5.32. The number of amides is 1. The van der Waals surface area contributed by atoms with E-state index in [1.165, 1.54) is 23.8 Å². The van der Waals surface area contributed by atoms with Gasteiger partial charge in [-0.15, -0.1) is 0 Å². The molecule has 1 aliphatic rings. The van der Waals surface area contributed by atoms with Crippen LogP contribution in [0.1, 0.15) is 34.3 Å². The van der Waals surface area contributed by atoms with Gasteiger partial charge < -0.3 is 10.2 Å². The summed E-state index contributed by atoms with van der Waals surface area (Å²) in [7, 11) is 0. The zero-order chi connectivity index (χ0) is 19.3. The highest BCUT2D eigenvalue weighted by molar-refractivity contribution is 5.96. The van der Waals surface area contributed by atoms with Crippen LogP contribution in [0, 0.1) is 0 Å². The van der Waals surface area contributed by atoms with Crippen LogP contribution in [0.25, 0.3) is 0 Å². The molecule has 0 spiro atoms. The summed E-state index contributed by atoms with van der Waals surface area (Å²) in [6, 6.07) is 14.9. The van der Waals surface area contributed by atoms with E-state index in [0.29, 0.717) is 6.54 Å². The smallest absolute Gasteiger partial charge is 0.348 e. The molecule has 0 radical (unpaired) electrons. The van der Waals surface area contributed by atoms with E-state index in [1.807, 2.05) is 18.2 Å². The number of carbonyl (C=O) groups excluding carboxylic acids is 1. The Kier molecular flexibility index (Phi) is 6.16. The first-order chi connectivity index (χ1) is 12.9. The van der Waals surface area contributed by atoms with Crippen molar-refractivity contribution in [2.75, 3.05) is 19.6 Å². The number of alkyl halides is 3. The Labute approximate surface area is 157 Å². The van der Waals surface area contributed by atoms with E-state index in [4.69, 9.17) is 0 Å². The lowest BCUT2D eigenvalue weighted by Gasteiger charge is -2.33. The maximum atomic E-state index is 13.1. The van der Waals surface area contributed by atoms with Gasteiger partial charge in [0.25, 0.3) is 5.91 Å². The third-order valence-electron chi connectivity index (χ3n) is 4.88. The molecule has 1 amide bonds. The number of likely N-dealkylation sites (tertiary alicyclic amines) is 1. The predicted octanol–water partition coefficient (Wildman–Crippen LogP) is 4.14. The van der Waals surface area contributed by atoms with Crippen molar-refractivity contribution >= 4 is 5.91 Å². The fourth-order valence-electron chi connectivity index (χ4n) is 3.50. The highest BCUT2D eigenvalue weighted by Gasteiger charge is 2.35. The summed E-state index contributed by atoms with van der Waals surface area (Å²) >= 11 is 0. The van der Waals surface area contributed by atoms with Gasteiger partial charge in [0, 0.05) is 19.1 Å². The van der Waals surface area contributed by atoms with Crippen LogP contribution in [0.5, 0.6) is 0 Å². The van der Waals surface area contributed by atoms with Gasteiger partial charge in [-0.3, -0.25) is 4.79 Å². The van der Waals surface area contributed by atoms with Crippen LogP contribution in [0.15, 0.2) is 54.6 Å². The van der Waals surface area contributed by atoms with Crippen LogP contribution < -0.4 is 5.32 Å². The predicted molar refractivity (Wildman–Crippen MR) is 98.5 cm³/mol. The normalized spacial score (nSPS) is 18.3. The van der Waals surface area contributed by atoms with E-state index < -0.39 is 17.6 Å². The van der Waals surface area contributed by atoms with Crippen molar-refractivity contribution in [2.45, 2.75) is 31.5 Å². The Morgan fingerprint density at radius 1 is 1.07 bits per heavy atom. The van der Waals surface area contributed by atoms with Gasteiger partial charge in [-0.05, 0) is 43.5 Å². The molecular weight excluding hydrogens is 353 g/mol. The van der Waals surface area contributed by atoms with Gasteiger partial charge in [0.15, 0.2) is 0 Å². The number of carbonyl (C=O) groups is 1. The lowest BCUT2D eigenvalue weighted by Crippen LogP contribution is -2.48. The van der Waals surface area contributed by atoms with Crippen LogP contribution in [-0.4, -0.2) is 36.5 Å². The Hall–Kier alpha value is -2.34. The average Bonchev–Trinajstić information content (AvgIpc) is 2.67. The van der Waals surface area contributed by atoms with Crippen molar-refractivity contribution in [3.8, 4) is 0 Å². The molecule has 6 heteroatoms. The van der Waals surface area contributed by atoms with E-state index in [1.54, 1.807) is 0 Å². The first-order valence-corrected chi connectivity index (χ1v) is 9.17. The number of halogens is 3. The topological polar surface area (TPSA) is 32.3 Å². The molecule has 0 aliphatic carbocycles. The van der Waals surface area contributed by atoms with Crippen molar-refractivity contribution in [1.82, 2.24) is 10.2 Å². The summed E-state index contributed by atoms with van der Waals surface area (Å²) in [6.45, 7) is 2.47. The minimum absolute atomic E-state index is 0.136. The van der Waals surface area contributed by atoms with Gasteiger partial charge in [-0.2, -0.15) is 13.2 Å². The van der Waals surface area contributed by atoms with Gasteiger partial charge >= 0.3 is 6.18 Å². The number of rotatable bonds is 5. The molecule has 0 bridgehead atoms. The fourth-order valence-corrected chi connectivity index (χ4v) is 3.50. The summed E-state index contributed by atoms with van der Waals surface area (Å²) < 4.78 is 39.4. The molecule has 1 fully saturated rings. The first-order valence-electron chi connectivity index (χ1n) is 9.17. The molecule has 1 heterocycles. The summed E-state index contributed by atoms with van der Waals surface area (Å²) in [5.41, 5.74) is 0.0495. The van der Waals surface area contributed by atoms with Gasteiger partial charge in [0.05, 0.1) is 11.1 Å². The Morgan fingerprint density at radius 2 is 1.78 bits per heavy atom. The van der Waals surface area contributed by atoms with E-state index in [9.17, 15) is 18.0 Å². The zero-order valence-electron chi connectivity index (χ0n) is 15.0. The Bertz CT molecular complexity index is 762. The number of benzene rings is 2. The first kappa shape index (κ1) is 19.4. The molecule has 1 aliphatic heterocycles. The van der Waals surface area contributed by atoms with Gasteiger partial charge in [0.1, 0.15) is 0 Å². The van der Waals surface area contributed by atoms with Crippen LogP contribution in [0.3, 0.4) is 0 Å². The molecule has 1 saturated heterocycles. The van der Waals surface area contributed by atoms with Crippen molar-refractivity contribution in [3.05, 3.63) is 71.3 Å². The van der Waals surface area contributed by atoms with Crippen molar-refractivity contribution in [3.63, 3.8) is 0 Å². The van der Waals surface area contributed by atoms with Crippen LogP contribution in [0.4, 0.5) is 13.2 Å². The number of hydrogen-bond donors (Lipinski definition) is 1. The second kappa shape index (κ2) is 8.57. The number of hydrogen-bond acceptors (Lipinski definition) is 2. The quantitative estimate of drug-likeness (QED) is 0.851. The molecule has 0 unspecified atom stereocenters. The van der Waals surface area contributed by atoms with Gasteiger partial charge in [-0.25, -0.2) is 0 Å².